The highest BCUT2D eigenvalue weighted by Gasteiger charge is 2.60. The summed E-state index contributed by atoms with van der Waals surface area (Å²) in [4.78, 5) is 12.9. The fourth-order valence-corrected chi connectivity index (χ4v) is 10.2. The lowest BCUT2D eigenvalue weighted by Crippen LogP contribution is -2.56. The van der Waals surface area contributed by atoms with Crippen LogP contribution in [-0.4, -0.2) is 36.3 Å². The number of halogens is 1. The molecule has 0 bridgehead atoms. The average Bonchev–Trinajstić information content (AvgIpc) is 3.29. The van der Waals surface area contributed by atoms with Gasteiger partial charge >= 0.3 is 0 Å². The zero-order valence-electron chi connectivity index (χ0n) is 25.2. The average molecular weight is 575 g/mol. The van der Waals surface area contributed by atoms with E-state index in [4.69, 9.17) is 10.5 Å². The number of aliphatic hydroxyl groups is 1. The molecule has 6 heteroatoms. The summed E-state index contributed by atoms with van der Waals surface area (Å²) >= 11 is 0. The van der Waals surface area contributed by atoms with E-state index in [0.717, 1.165) is 54.4 Å². The molecular weight excluding hydrogens is 520 g/mol. The van der Waals surface area contributed by atoms with Gasteiger partial charge in [-0.15, -0.1) is 12.4 Å². The van der Waals surface area contributed by atoms with Crippen molar-refractivity contribution in [3.8, 4) is 0 Å². The van der Waals surface area contributed by atoms with Crippen molar-refractivity contribution in [1.29, 1.82) is 0 Å². The maximum Gasteiger partial charge on any atom is 0.239 e. The van der Waals surface area contributed by atoms with Crippen molar-refractivity contribution in [3.63, 3.8) is 0 Å². The van der Waals surface area contributed by atoms with Gasteiger partial charge in [-0.05, 0) is 123 Å². The minimum absolute atomic E-state index is 0. The first-order valence-corrected chi connectivity index (χ1v) is 16.0. The molecular formula is C34H55ClN2O3. The Morgan fingerprint density at radius 3 is 2.52 bits per heavy atom. The molecule has 1 aromatic carbocycles. The van der Waals surface area contributed by atoms with Crippen molar-refractivity contribution in [2.75, 3.05) is 13.2 Å². The Morgan fingerprint density at radius 2 is 1.77 bits per heavy atom. The van der Waals surface area contributed by atoms with Crippen LogP contribution in [0.25, 0.3) is 0 Å². The van der Waals surface area contributed by atoms with Crippen LogP contribution in [0.3, 0.4) is 0 Å². The molecule has 0 saturated heterocycles. The molecule has 1 amide bonds. The van der Waals surface area contributed by atoms with Gasteiger partial charge in [0.15, 0.2) is 0 Å². The van der Waals surface area contributed by atoms with Crippen LogP contribution < -0.4 is 11.1 Å². The number of fused-ring (bicyclic) bond motifs is 5. The number of nitrogens with two attached hydrogens (primary N) is 1. The van der Waals surface area contributed by atoms with Gasteiger partial charge in [0.05, 0.1) is 13.2 Å². The predicted octanol–water partition coefficient (Wildman–Crippen LogP) is 6.50. The van der Waals surface area contributed by atoms with E-state index >= 15 is 0 Å². The van der Waals surface area contributed by atoms with Crippen LogP contribution >= 0.6 is 12.4 Å². The minimum atomic E-state index is -0.621. The lowest BCUT2D eigenvalue weighted by atomic mass is 9.44. The maximum absolute atomic E-state index is 12.9. The number of aliphatic hydroxyl groups excluding tert-OH is 1. The smallest absolute Gasteiger partial charge is 0.239 e. The number of amides is 1. The number of benzene rings is 1. The summed E-state index contributed by atoms with van der Waals surface area (Å²) in [6, 6.07) is 9.64. The van der Waals surface area contributed by atoms with Crippen molar-refractivity contribution in [1.82, 2.24) is 5.32 Å². The Bertz CT molecular complexity index is 962. The number of hydrogen-bond donors (Lipinski definition) is 3. The SMILES string of the molecule is C[C@H](CCCO)[C@H]1CC[C@H]2[C@@H]3CC[C@@H]4C[C@@H](NC(=O)[C@@H](N)COCc5ccccc5)CC[C@]4(C)[C@H]3CC[C@]12C.Cl. The molecule has 4 aliphatic carbocycles. The molecule has 0 aromatic heterocycles. The molecule has 0 unspecified atom stereocenters. The van der Waals surface area contributed by atoms with Crippen molar-refractivity contribution >= 4 is 18.3 Å². The van der Waals surface area contributed by atoms with Gasteiger partial charge in [0.25, 0.3) is 0 Å². The number of rotatable bonds is 10. The van der Waals surface area contributed by atoms with Crippen LogP contribution in [0.1, 0.15) is 97.0 Å². The molecule has 0 radical (unpaired) electrons. The van der Waals surface area contributed by atoms with Crippen molar-refractivity contribution in [3.05, 3.63) is 35.9 Å². The fourth-order valence-electron chi connectivity index (χ4n) is 10.2. The predicted molar refractivity (Wildman–Crippen MR) is 164 cm³/mol. The third-order valence-corrected chi connectivity index (χ3v) is 12.3. The molecule has 1 aromatic rings. The van der Waals surface area contributed by atoms with Crippen molar-refractivity contribution < 1.29 is 14.6 Å². The van der Waals surface area contributed by atoms with Gasteiger partial charge in [0.2, 0.25) is 5.91 Å². The number of ether oxygens (including phenoxy) is 1. The zero-order valence-corrected chi connectivity index (χ0v) is 26.0. The number of carbonyl (C=O) groups excluding carboxylic acids is 1. The Kier molecular flexibility index (Phi) is 10.7. The van der Waals surface area contributed by atoms with Crippen molar-refractivity contribution in [2.24, 2.45) is 52.1 Å². The standard InChI is InChI=1S/C34H54N2O3.ClH/c1-23(8-7-19-37)28-13-14-29-27-12-11-25-20-26(15-17-33(25,2)30(27)16-18-34(28,29)3)36-32(38)31(35)22-39-21-24-9-5-4-6-10-24;/h4-6,9-10,23,25-31,37H,7-8,11-22,35H2,1-3H3,(H,36,38);1H/t23-,25-,26+,27+,28-,29+,30+,31+,33+,34-;/m1./s1. The molecule has 4 fully saturated rings. The normalized spacial score (nSPS) is 38.2. The van der Waals surface area contributed by atoms with Gasteiger partial charge in [0.1, 0.15) is 6.04 Å². The third-order valence-electron chi connectivity index (χ3n) is 12.3. The fraction of sp³-hybridized carbons (Fsp3) is 0.794. The Morgan fingerprint density at radius 1 is 1.05 bits per heavy atom. The molecule has 0 heterocycles. The Hall–Kier alpha value is -1.14. The van der Waals surface area contributed by atoms with Crippen LogP contribution in [0.4, 0.5) is 0 Å². The molecule has 226 valence electrons. The van der Waals surface area contributed by atoms with Gasteiger partial charge < -0.3 is 20.9 Å². The Labute approximate surface area is 249 Å². The van der Waals surface area contributed by atoms with Gasteiger partial charge in [0, 0.05) is 12.6 Å². The van der Waals surface area contributed by atoms with Crippen LogP contribution in [-0.2, 0) is 16.1 Å². The molecule has 4 N–H and O–H groups in total. The van der Waals surface area contributed by atoms with E-state index in [1.165, 1.54) is 51.4 Å². The highest BCUT2D eigenvalue weighted by molar-refractivity contribution is 5.85. The second-order valence-electron chi connectivity index (χ2n) is 14.3. The Balaban J connectivity index is 0.00000370. The number of carbonyl (C=O) groups is 1. The lowest BCUT2D eigenvalue weighted by molar-refractivity contribution is -0.130. The molecule has 40 heavy (non-hydrogen) atoms. The minimum Gasteiger partial charge on any atom is -0.396 e. The molecule has 0 spiro atoms. The first kappa shape index (κ1) is 31.8. The summed E-state index contributed by atoms with van der Waals surface area (Å²) in [6.45, 7) is 8.75. The topological polar surface area (TPSA) is 84.6 Å². The molecule has 4 aliphatic rings. The van der Waals surface area contributed by atoms with Crippen LogP contribution in [0.2, 0.25) is 0 Å². The van der Waals surface area contributed by atoms with Crippen LogP contribution in [0, 0.1) is 46.3 Å². The van der Waals surface area contributed by atoms with E-state index in [9.17, 15) is 9.90 Å². The van der Waals surface area contributed by atoms with Crippen LogP contribution in [0.15, 0.2) is 30.3 Å². The monoisotopic (exact) mass is 574 g/mol. The number of nitrogens with one attached hydrogen (secondary N) is 1. The van der Waals surface area contributed by atoms with Crippen molar-refractivity contribution in [2.45, 2.75) is 110 Å². The summed E-state index contributed by atoms with van der Waals surface area (Å²) in [5, 5.41) is 12.7. The first-order valence-electron chi connectivity index (χ1n) is 16.0. The summed E-state index contributed by atoms with van der Waals surface area (Å²) in [6.07, 6.45) is 13.8. The summed E-state index contributed by atoms with van der Waals surface area (Å²) in [5.74, 6) is 4.78. The van der Waals surface area contributed by atoms with E-state index < -0.39 is 6.04 Å². The largest absolute Gasteiger partial charge is 0.396 e. The van der Waals surface area contributed by atoms with E-state index in [2.05, 4.69) is 26.1 Å². The van der Waals surface area contributed by atoms with Gasteiger partial charge in [-0.25, -0.2) is 0 Å². The second-order valence-corrected chi connectivity index (χ2v) is 14.3. The number of hydrogen-bond acceptors (Lipinski definition) is 4. The zero-order chi connectivity index (χ0) is 27.6. The third kappa shape index (κ3) is 6.28. The summed E-state index contributed by atoms with van der Waals surface area (Å²) in [7, 11) is 0. The lowest BCUT2D eigenvalue weighted by Gasteiger charge is -2.61. The van der Waals surface area contributed by atoms with E-state index in [1.54, 1.807) is 0 Å². The molecule has 4 saturated carbocycles. The van der Waals surface area contributed by atoms with Gasteiger partial charge in [-0.2, -0.15) is 0 Å². The van der Waals surface area contributed by atoms with Gasteiger partial charge in [-0.1, -0.05) is 51.1 Å². The van der Waals surface area contributed by atoms with E-state index in [1.807, 2.05) is 30.3 Å². The molecule has 10 atom stereocenters. The molecule has 5 rings (SSSR count). The molecule has 0 aliphatic heterocycles. The van der Waals surface area contributed by atoms with Gasteiger partial charge in [-0.3, -0.25) is 4.79 Å². The van der Waals surface area contributed by atoms with E-state index in [-0.39, 0.29) is 31.0 Å². The molecule has 5 nitrogen and oxygen atoms in total. The second kappa shape index (κ2) is 13.4. The summed E-state index contributed by atoms with van der Waals surface area (Å²) < 4.78 is 5.74. The van der Waals surface area contributed by atoms with E-state index in [0.29, 0.717) is 30.0 Å². The highest BCUT2D eigenvalue weighted by atomic mass is 35.5. The first-order chi connectivity index (χ1) is 18.8. The maximum atomic E-state index is 12.9. The van der Waals surface area contributed by atoms with Crippen LogP contribution in [0.5, 0.6) is 0 Å². The highest BCUT2D eigenvalue weighted by Crippen LogP contribution is 2.68. The quantitative estimate of drug-likeness (QED) is 0.297. The summed E-state index contributed by atoms with van der Waals surface area (Å²) in [5.41, 5.74) is 8.21.